The molecule has 1 saturated heterocycles. The Morgan fingerprint density at radius 1 is 1.42 bits per heavy atom. The monoisotopic (exact) mass is 268 g/mol. The van der Waals surface area contributed by atoms with Crippen molar-refractivity contribution in [3.8, 4) is 0 Å². The molecule has 0 radical (unpaired) electrons. The third-order valence-electron chi connectivity index (χ3n) is 3.23. The fourth-order valence-corrected chi connectivity index (χ4v) is 2.21. The molecule has 0 aromatic rings. The van der Waals surface area contributed by atoms with E-state index in [0.29, 0.717) is 12.1 Å². The van der Waals surface area contributed by atoms with Crippen LogP contribution in [-0.2, 0) is 4.74 Å². The van der Waals surface area contributed by atoms with Gasteiger partial charge in [0.25, 0.3) is 0 Å². The summed E-state index contributed by atoms with van der Waals surface area (Å²) in [4.78, 5) is 13.8. The zero-order chi connectivity index (χ0) is 14.5. The number of carbonyl (C=O) groups excluding carboxylic acids is 1. The Bertz CT molecular complexity index is 310. The van der Waals surface area contributed by atoms with Gasteiger partial charge in [-0.25, -0.2) is 4.79 Å². The minimum absolute atomic E-state index is 0.190. The van der Waals surface area contributed by atoms with Gasteiger partial charge in [-0.3, -0.25) is 0 Å². The van der Waals surface area contributed by atoms with Crippen molar-refractivity contribution in [2.24, 2.45) is 0 Å². The standard InChI is InChI=1S/C15H28N2O2/c1-6-12(2)16-13-8-7-10-17(11-9-13)14(18)19-15(3,4)5/h6,12-13,16H,1,7-11H2,2-5H3/t12-,13+/m0/s1. The highest BCUT2D eigenvalue weighted by atomic mass is 16.6. The van der Waals surface area contributed by atoms with Gasteiger partial charge in [0.05, 0.1) is 0 Å². The van der Waals surface area contributed by atoms with Crippen molar-refractivity contribution in [2.45, 2.75) is 64.6 Å². The van der Waals surface area contributed by atoms with E-state index in [9.17, 15) is 4.79 Å². The molecule has 0 aromatic carbocycles. The molecule has 1 fully saturated rings. The summed E-state index contributed by atoms with van der Waals surface area (Å²) >= 11 is 0. The van der Waals surface area contributed by atoms with Crippen molar-refractivity contribution >= 4 is 6.09 Å². The van der Waals surface area contributed by atoms with Crippen molar-refractivity contribution in [3.63, 3.8) is 0 Å². The van der Waals surface area contributed by atoms with Gasteiger partial charge in [0.15, 0.2) is 0 Å². The molecule has 4 heteroatoms. The van der Waals surface area contributed by atoms with Crippen molar-refractivity contribution in [1.82, 2.24) is 10.2 Å². The van der Waals surface area contributed by atoms with E-state index in [1.807, 2.05) is 31.7 Å². The van der Waals surface area contributed by atoms with Crippen LogP contribution in [0.3, 0.4) is 0 Å². The van der Waals surface area contributed by atoms with Crippen LogP contribution in [0.25, 0.3) is 0 Å². The van der Waals surface area contributed by atoms with E-state index in [4.69, 9.17) is 4.74 Å². The number of nitrogens with zero attached hydrogens (tertiary/aromatic N) is 1. The maximum atomic E-state index is 12.0. The lowest BCUT2D eigenvalue weighted by Crippen LogP contribution is -2.39. The summed E-state index contributed by atoms with van der Waals surface area (Å²) in [6.07, 6.45) is 4.80. The Balaban J connectivity index is 2.45. The molecule has 0 bridgehead atoms. The number of ether oxygens (including phenoxy) is 1. The molecule has 1 aliphatic rings. The molecular weight excluding hydrogens is 240 g/mol. The summed E-state index contributed by atoms with van der Waals surface area (Å²) in [5.74, 6) is 0. The maximum Gasteiger partial charge on any atom is 0.410 e. The highest BCUT2D eigenvalue weighted by molar-refractivity contribution is 5.68. The molecule has 0 aromatic heterocycles. The first-order valence-electron chi connectivity index (χ1n) is 7.18. The van der Waals surface area contributed by atoms with Gasteiger partial charge in [0.2, 0.25) is 0 Å². The molecular formula is C15H28N2O2. The fraction of sp³-hybridized carbons (Fsp3) is 0.800. The van der Waals surface area contributed by atoms with Crippen LogP contribution in [0, 0.1) is 0 Å². The molecule has 1 N–H and O–H groups in total. The van der Waals surface area contributed by atoms with E-state index in [1.165, 1.54) is 0 Å². The Morgan fingerprint density at radius 3 is 2.68 bits per heavy atom. The number of rotatable bonds is 3. The van der Waals surface area contributed by atoms with Crippen molar-refractivity contribution in [3.05, 3.63) is 12.7 Å². The zero-order valence-corrected chi connectivity index (χ0v) is 12.7. The van der Waals surface area contributed by atoms with Crippen LogP contribution < -0.4 is 5.32 Å². The van der Waals surface area contributed by atoms with Gasteiger partial charge in [-0.2, -0.15) is 0 Å². The van der Waals surface area contributed by atoms with E-state index in [-0.39, 0.29) is 6.09 Å². The molecule has 1 aliphatic heterocycles. The smallest absolute Gasteiger partial charge is 0.410 e. The molecule has 0 unspecified atom stereocenters. The fourth-order valence-electron chi connectivity index (χ4n) is 2.21. The van der Waals surface area contributed by atoms with Gasteiger partial charge in [-0.1, -0.05) is 6.08 Å². The molecule has 1 heterocycles. The molecule has 1 amide bonds. The average molecular weight is 268 g/mol. The van der Waals surface area contributed by atoms with Crippen LogP contribution in [0.2, 0.25) is 0 Å². The normalized spacial score (nSPS) is 22.5. The van der Waals surface area contributed by atoms with Crippen LogP contribution in [0.5, 0.6) is 0 Å². The molecule has 0 saturated carbocycles. The first kappa shape index (κ1) is 16.0. The third kappa shape index (κ3) is 6.10. The first-order valence-corrected chi connectivity index (χ1v) is 7.18. The van der Waals surface area contributed by atoms with Gasteiger partial charge < -0.3 is 15.0 Å². The molecule has 0 spiro atoms. The quantitative estimate of drug-likeness (QED) is 0.800. The number of nitrogens with one attached hydrogen (secondary N) is 1. The number of hydrogen-bond acceptors (Lipinski definition) is 3. The van der Waals surface area contributed by atoms with Gasteiger partial charge in [-0.15, -0.1) is 6.58 Å². The Hall–Kier alpha value is -1.03. The lowest BCUT2D eigenvalue weighted by molar-refractivity contribution is 0.0256. The van der Waals surface area contributed by atoms with E-state index in [1.54, 1.807) is 0 Å². The summed E-state index contributed by atoms with van der Waals surface area (Å²) < 4.78 is 5.42. The molecule has 4 nitrogen and oxygen atoms in total. The predicted octanol–water partition coefficient (Wildman–Crippen LogP) is 2.94. The maximum absolute atomic E-state index is 12.0. The van der Waals surface area contributed by atoms with Crippen molar-refractivity contribution in [1.29, 1.82) is 0 Å². The lowest BCUT2D eigenvalue weighted by Gasteiger charge is -2.26. The summed E-state index contributed by atoms with van der Waals surface area (Å²) in [6, 6.07) is 0.776. The van der Waals surface area contributed by atoms with Gasteiger partial charge in [0.1, 0.15) is 5.60 Å². The zero-order valence-electron chi connectivity index (χ0n) is 12.7. The van der Waals surface area contributed by atoms with Crippen LogP contribution in [0.15, 0.2) is 12.7 Å². The highest BCUT2D eigenvalue weighted by Gasteiger charge is 2.25. The molecule has 19 heavy (non-hydrogen) atoms. The number of amides is 1. The van der Waals surface area contributed by atoms with Gasteiger partial charge >= 0.3 is 6.09 Å². The Morgan fingerprint density at radius 2 is 2.11 bits per heavy atom. The highest BCUT2D eigenvalue weighted by Crippen LogP contribution is 2.15. The minimum Gasteiger partial charge on any atom is -0.444 e. The second-order valence-corrected chi connectivity index (χ2v) is 6.29. The summed E-state index contributed by atoms with van der Waals surface area (Å²) in [7, 11) is 0. The lowest BCUT2D eigenvalue weighted by atomic mass is 10.1. The van der Waals surface area contributed by atoms with E-state index in [0.717, 1.165) is 32.4 Å². The largest absolute Gasteiger partial charge is 0.444 e. The second-order valence-electron chi connectivity index (χ2n) is 6.29. The van der Waals surface area contributed by atoms with E-state index in [2.05, 4.69) is 18.8 Å². The van der Waals surface area contributed by atoms with E-state index < -0.39 is 5.60 Å². The van der Waals surface area contributed by atoms with Gasteiger partial charge in [0, 0.05) is 25.2 Å². The predicted molar refractivity (Wildman–Crippen MR) is 78.2 cm³/mol. The van der Waals surface area contributed by atoms with Crippen LogP contribution in [-0.4, -0.2) is 41.8 Å². The first-order chi connectivity index (χ1) is 8.81. The summed E-state index contributed by atoms with van der Waals surface area (Å²) in [5, 5.41) is 3.52. The second kappa shape index (κ2) is 6.94. The topological polar surface area (TPSA) is 41.6 Å². The molecule has 1 rings (SSSR count). The Kier molecular flexibility index (Phi) is 5.85. The number of hydrogen-bond donors (Lipinski definition) is 1. The number of likely N-dealkylation sites (tertiary alicyclic amines) is 1. The minimum atomic E-state index is -0.418. The van der Waals surface area contributed by atoms with Crippen molar-refractivity contribution < 1.29 is 9.53 Å². The molecule has 2 atom stereocenters. The van der Waals surface area contributed by atoms with Crippen LogP contribution in [0.4, 0.5) is 4.79 Å². The Labute approximate surface area is 117 Å². The summed E-state index contributed by atoms with van der Waals surface area (Å²) in [6.45, 7) is 13.1. The van der Waals surface area contributed by atoms with Crippen LogP contribution in [0.1, 0.15) is 47.0 Å². The van der Waals surface area contributed by atoms with Crippen LogP contribution >= 0.6 is 0 Å². The van der Waals surface area contributed by atoms with Crippen molar-refractivity contribution in [2.75, 3.05) is 13.1 Å². The van der Waals surface area contributed by atoms with Gasteiger partial charge in [-0.05, 0) is 47.0 Å². The SMILES string of the molecule is C=C[C@H](C)N[C@@H]1CCCN(C(=O)OC(C)(C)C)CC1. The number of carbonyl (C=O) groups is 1. The third-order valence-corrected chi connectivity index (χ3v) is 3.23. The molecule has 110 valence electrons. The molecule has 0 aliphatic carbocycles. The summed E-state index contributed by atoms with van der Waals surface area (Å²) in [5.41, 5.74) is -0.418. The average Bonchev–Trinajstić information content (AvgIpc) is 2.52. The van der Waals surface area contributed by atoms with E-state index >= 15 is 0 Å².